The monoisotopic (exact) mass is 199 g/mol. The van der Waals surface area contributed by atoms with Gasteiger partial charge >= 0.3 is 0 Å². The smallest absolute Gasteiger partial charge is 0.269 e. The van der Waals surface area contributed by atoms with Crippen LogP contribution in [0.2, 0.25) is 0 Å². The molecule has 0 saturated carbocycles. The third kappa shape index (κ3) is 3.70. The van der Waals surface area contributed by atoms with Crippen molar-refractivity contribution in [1.82, 2.24) is 20.6 Å². The summed E-state index contributed by atoms with van der Waals surface area (Å²) in [5.41, 5.74) is 0. The Morgan fingerprint density at radius 1 is 1.77 bits per heavy atom. The molecule has 0 saturated heterocycles. The molecule has 6 nitrogen and oxygen atoms in total. The van der Waals surface area contributed by atoms with E-state index in [0.29, 0.717) is 5.75 Å². The Morgan fingerprint density at radius 3 is 3.23 bits per heavy atom. The van der Waals surface area contributed by atoms with Gasteiger partial charge in [-0.15, -0.1) is 23.4 Å². The van der Waals surface area contributed by atoms with Gasteiger partial charge in [-0.2, -0.15) is 5.21 Å². The van der Waals surface area contributed by atoms with Crippen molar-refractivity contribution in [3.8, 4) is 0 Å². The molecule has 0 aliphatic carbocycles. The maximum Gasteiger partial charge on any atom is 0.269 e. The Hall–Kier alpha value is -1.37. The molecule has 1 rings (SSSR count). The number of aromatic amines is 1. The highest BCUT2D eigenvalue weighted by atomic mass is 32.2. The number of amides is 1. The summed E-state index contributed by atoms with van der Waals surface area (Å²) in [4.78, 5) is 11.1. The first-order chi connectivity index (χ1) is 6.33. The van der Waals surface area contributed by atoms with E-state index >= 15 is 0 Å². The van der Waals surface area contributed by atoms with Crippen molar-refractivity contribution in [3.63, 3.8) is 0 Å². The highest BCUT2D eigenvalue weighted by Gasteiger charge is 2.03. The van der Waals surface area contributed by atoms with E-state index in [0.717, 1.165) is 5.75 Å². The highest BCUT2D eigenvalue weighted by Crippen LogP contribution is 2.00. The van der Waals surface area contributed by atoms with E-state index in [1.807, 2.05) is 0 Å². The zero-order valence-corrected chi connectivity index (χ0v) is 7.67. The number of rotatable bonds is 5. The Labute approximate surface area is 79.2 Å². The molecule has 0 radical (unpaired) electrons. The minimum Gasteiger partial charge on any atom is -0.291 e. The van der Waals surface area contributed by atoms with Gasteiger partial charge in [-0.05, 0) is 5.21 Å². The summed E-state index contributed by atoms with van der Waals surface area (Å²) in [6.45, 7) is 3.54. The third-order valence-electron chi connectivity index (χ3n) is 1.07. The molecule has 0 spiro atoms. The number of nitrogens with one attached hydrogen (secondary N) is 2. The molecule has 0 fully saturated rings. The number of carbonyl (C=O) groups is 1. The number of anilines is 1. The maximum absolute atomic E-state index is 11.1. The summed E-state index contributed by atoms with van der Waals surface area (Å²) in [5.74, 6) is 1.16. The molecule has 2 N–H and O–H groups in total. The predicted octanol–water partition coefficient (Wildman–Crippen LogP) is 0.0574. The quantitative estimate of drug-likeness (QED) is 0.517. The fourth-order valence-corrected chi connectivity index (χ4v) is 1.15. The number of thioether (sulfide) groups is 1. The van der Waals surface area contributed by atoms with Gasteiger partial charge in [0.05, 0.1) is 5.75 Å². The highest BCUT2D eigenvalue weighted by molar-refractivity contribution is 8.00. The lowest BCUT2D eigenvalue weighted by Gasteiger charge is -1.97. The summed E-state index contributed by atoms with van der Waals surface area (Å²) in [6.07, 6.45) is 1.74. The predicted molar refractivity (Wildman–Crippen MR) is 50.3 cm³/mol. The van der Waals surface area contributed by atoms with Crippen LogP contribution in [-0.2, 0) is 4.79 Å². The largest absolute Gasteiger partial charge is 0.291 e. The van der Waals surface area contributed by atoms with Crippen LogP contribution in [0, 0.1) is 0 Å². The summed E-state index contributed by atoms with van der Waals surface area (Å²) >= 11 is 1.47. The summed E-state index contributed by atoms with van der Waals surface area (Å²) < 4.78 is 0. The van der Waals surface area contributed by atoms with Crippen LogP contribution in [0.1, 0.15) is 0 Å². The minimum atomic E-state index is -0.145. The van der Waals surface area contributed by atoms with Gasteiger partial charge in [0.15, 0.2) is 0 Å². The zero-order chi connectivity index (χ0) is 9.52. The van der Waals surface area contributed by atoms with Crippen LogP contribution < -0.4 is 5.32 Å². The van der Waals surface area contributed by atoms with Crippen LogP contribution >= 0.6 is 11.8 Å². The van der Waals surface area contributed by atoms with Crippen molar-refractivity contribution in [1.29, 1.82) is 0 Å². The Kier molecular flexibility index (Phi) is 3.97. The van der Waals surface area contributed by atoms with Crippen LogP contribution in [0.3, 0.4) is 0 Å². The standard InChI is InChI=1S/C6H9N5OS/c1-2-3-13-4-5(12)7-6-8-10-11-9-6/h2H,1,3-4H2,(H2,7,8,9,10,11,12). The number of hydrogen-bond donors (Lipinski definition) is 2. The fourth-order valence-electron chi connectivity index (χ4n) is 0.610. The van der Waals surface area contributed by atoms with Crippen molar-refractivity contribution in [2.75, 3.05) is 16.8 Å². The van der Waals surface area contributed by atoms with Gasteiger partial charge in [0.1, 0.15) is 0 Å². The Balaban J connectivity index is 2.22. The Morgan fingerprint density at radius 2 is 2.62 bits per heavy atom. The molecule has 0 bridgehead atoms. The van der Waals surface area contributed by atoms with Gasteiger partial charge in [0, 0.05) is 5.75 Å². The Bertz CT molecular complexity index is 273. The minimum absolute atomic E-state index is 0.145. The van der Waals surface area contributed by atoms with Crippen LogP contribution in [0.5, 0.6) is 0 Å². The van der Waals surface area contributed by atoms with E-state index in [1.165, 1.54) is 11.8 Å². The molecule has 1 aromatic heterocycles. The van der Waals surface area contributed by atoms with E-state index in [-0.39, 0.29) is 11.9 Å². The summed E-state index contributed by atoms with van der Waals surface area (Å²) in [5, 5.41) is 15.2. The second-order valence-corrected chi connectivity index (χ2v) is 3.12. The maximum atomic E-state index is 11.1. The van der Waals surface area contributed by atoms with Crippen LogP contribution in [0.15, 0.2) is 12.7 Å². The van der Waals surface area contributed by atoms with Crippen LogP contribution in [0.25, 0.3) is 0 Å². The van der Waals surface area contributed by atoms with E-state index in [2.05, 4.69) is 32.5 Å². The zero-order valence-electron chi connectivity index (χ0n) is 6.86. The second kappa shape index (κ2) is 5.31. The molecule has 13 heavy (non-hydrogen) atoms. The lowest BCUT2D eigenvalue weighted by Crippen LogP contribution is -2.15. The molecule has 1 amide bonds. The molecule has 70 valence electrons. The lowest BCUT2D eigenvalue weighted by molar-refractivity contribution is -0.113. The SMILES string of the molecule is C=CCSCC(=O)Nc1nn[nH]n1. The van der Waals surface area contributed by atoms with Gasteiger partial charge in [-0.1, -0.05) is 11.2 Å². The molecule has 0 unspecified atom stereocenters. The van der Waals surface area contributed by atoms with Gasteiger partial charge < -0.3 is 0 Å². The van der Waals surface area contributed by atoms with Gasteiger partial charge in [0.2, 0.25) is 5.91 Å². The number of nitrogens with zero attached hydrogens (tertiary/aromatic N) is 3. The van der Waals surface area contributed by atoms with E-state index < -0.39 is 0 Å². The average Bonchev–Trinajstić information content (AvgIpc) is 2.57. The number of tetrazole rings is 1. The molecule has 1 aromatic rings. The van der Waals surface area contributed by atoms with Crippen molar-refractivity contribution < 1.29 is 4.79 Å². The molecular weight excluding hydrogens is 190 g/mol. The van der Waals surface area contributed by atoms with Crippen molar-refractivity contribution in [3.05, 3.63) is 12.7 Å². The van der Waals surface area contributed by atoms with Gasteiger partial charge in [-0.25, -0.2) is 0 Å². The van der Waals surface area contributed by atoms with Crippen molar-refractivity contribution >= 4 is 23.6 Å². The third-order valence-corrected chi connectivity index (χ3v) is 2.00. The summed E-state index contributed by atoms with van der Waals surface area (Å²) in [6, 6.07) is 0. The second-order valence-electron chi connectivity index (χ2n) is 2.09. The molecule has 0 aliphatic heterocycles. The molecule has 7 heteroatoms. The van der Waals surface area contributed by atoms with E-state index in [9.17, 15) is 4.79 Å². The van der Waals surface area contributed by atoms with E-state index in [4.69, 9.17) is 0 Å². The first-order valence-corrected chi connectivity index (χ1v) is 4.70. The van der Waals surface area contributed by atoms with Crippen LogP contribution in [-0.4, -0.2) is 38.0 Å². The first-order valence-electron chi connectivity index (χ1n) is 3.55. The average molecular weight is 199 g/mol. The van der Waals surface area contributed by atoms with E-state index in [1.54, 1.807) is 6.08 Å². The molecule has 0 aromatic carbocycles. The molecule has 0 aliphatic rings. The number of hydrogen-bond acceptors (Lipinski definition) is 5. The first kappa shape index (κ1) is 9.72. The molecule has 1 heterocycles. The molecular formula is C6H9N5OS. The summed E-state index contributed by atoms with van der Waals surface area (Å²) in [7, 11) is 0. The number of aromatic nitrogens is 4. The number of carbonyl (C=O) groups excluding carboxylic acids is 1. The van der Waals surface area contributed by atoms with Gasteiger partial charge in [0.25, 0.3) is 5.95 Å². The fraction of sp³-hybridized carbons (Fsp3) is 0.333. The lowest BCUT2D eigenvalue weighted by atomic mass is 10.7. The number of H-pyrrole nitrogens is 1. The van der Waals surface area contributed by atoms with Crippen LogP contribution in [0.4, 0.5) is 5.95 Å². The normalized spacial score (nSPS) is 9.54. The molecule has 0 atom stereocenters. The van der Waals surface area contributed by atoms with Crippen molar-refractivity contribution in [2.24, 2.45) is 0 Å². The van der Waals surface area contributed by atoms with Gasteiger partial charge in [-0.3, -0.25) is 10.1 Å². The van der Waals surface area contributed by atoms with Crippen molar-refractivity contribution in [2.45, 2.75) is 0 Å². The topological polar surface area (TPSA) is 83.6 Å².